The lowest BCUT2D eigenvalue weighted by atomic mass is 10.3. The highest BCUT2D eigenvalue weighted by atomic mass is 16.6. The Labute approximate surface area is 187 Å². The normalized spacial score (nSPS) is 10.5. The number of ether oxygens (including phenoxy) is 3. The van der Waals surface area contributed by atoms with Crippen LogP contribution in [0.1, 0.15) is 33.6 Å². The van der Waals surface area contributed by atoms with Crippen molar-refractivity contribution in [1.82, 2.24) is 21.3 Å². The summed E-state index contributed by atoms with van der Waals surface area (Å²) < 4.78 is 15.6. The van der Waals surface area contributed by atoms with Crippen molar-refractivity contribution in [2.75, 3.05) is 52.6 Å². The fourth-order valence-corrected chi connectivity index (χ4v) is 2.07. The molecule has 0 fully saturated rings. The summed E-state index contributed by atoms with van der Waals surface area (Å²) in [5.74, 6) is -0.544. The van der Waals surface area contributed by atoms with E-state index in [1.807, 2.05) is 0 Å². The van der Waals surface area contributed by atoms with E-state index in [9.17, 15) is 19.2 Å². The van der Waals surface area contributed by atoms with Crippen molar-refractivity contribution in [3.8, 4) is 0 Å². The molecular weight excluding hydrogens is 426 g/mol. The molecule has 0 aliphatic rings. The number of alkyl carbamates (subject to hydrolysis) is 2. The van der Waals surface area contributed by atoms with Crippen LogP contribution in [0.3, 0.4) is 0 Å². The Morgan fingerprint density at radius 3 is 1.97 bits per heavy atom. The van der Waals surface area contributed by atoms with Crippen molar-refractivity contribution < 1.29 is 38.2 Å². The first-order valence-electron chi connectivity index (χ1n) is 10.5. The van der Waals surface area contributed by atoms with Gasteiger partial charge in [0, 0.05) is 45.4 Å². The summed E-state index contributed by atoms with van der Waals surface area (Å²) in [5, 5.41) is 13.7. The SMILES string of the molecule is CC=NOCC(=O)NCCNC(=O)CCCOC(COC(=O)NCC)COC(=O)NCC. The third kappa shape index (κ3) is 17.7. The number of carbonyl (C=O) groups excluding carboxylic acids is 4. The van der Waals surface area contributed by atoms with Crippen LogP contribution in [0.4, 0.5) is 9.59 Å². The van der Waals surface area contributed by atoms with Crippen LogP contribution in [0.25, 0.3) is 0 Å². The van der Waals surface area contributed by atoms with Crippen LogP contribution in [-0.2, 0) is 28.6 Å². The molecule has 0 aromatic heterocycles. The van der Waals surface area contributed by atoms with Gasteiger partial charge in [0.25, 0.3) is 5.91 Å². The van der Waals surface area contributed by atoms with Gasteiger partial charge in [0.15, 0.2) is 6.61 Å². The van der Waals surface area contributed by atoms with Crippen LogP contribution in [-0.4, -0.2) is 88.9 Å². The minimum Gasteiger partial charge on any atom is -0.447 e. The number of carbonyl (C=O) groups is 4. The third-order valence-corrected chi connectivity index (χ3v) is 3.49. The van der Waals surface area contributed by atoms with Crippen LogP contribution < -0.4 is 21.3 Å². The Kier molecular flexibility index (Phi) is 17.9. The molecule has 0 aliphatic carbocycles. The summed E-state index contributed by atoms with van der Waals surface area (Å²) in [5.41, 5.74) is 0. The van der Waals surface area contributed by atoms with Crippen molar-refractivity contribution in [3.63, 3.8) is 0 Å². The zero-order valence-electron chi connectivity index (χ0n) is 18.9. The van der Waals surface area contributed by atoms with Gasteiger partial charge in [-0.3, -0.25) is 9.59 Å². The minimum atomic E-state index is -0.669. The number of nitrogens with zero attached hydrogens (tertiary/aromatic N) is 1. The van der Waals surface area contributed by atoms with Crippen LogP contribution in [0.5, 0.6) is 0 Å². The molecule has 0 aromatic carbocycles. The van der Waals surface area contributed by atoms with Gasteiger partial charge < -0.3 is 40.3 Å². The van der Waals surface area contributed by atoms with E-state index in [4.69, 9.17) is 14.2 Å². The average Bonchev–Trinajstić information content (AvgIpc) is 2.76. The quantitative estimate of drug-likeness (QED) is 0.132. The van der Waals surface area contributed by atoms with E-state index in [1.54, 1.807) is 20.8 Å². The second kappa shape index (κ2) is 19.8. The molecule has 32 heavy (non-hydrogen) atoms. The molecule has 13 nitrogen and oxygen atoms in total. The van der Waals surface area contributed by atoms with Crippen LogP contribution in [0.15, 0.2) is 5.16 Å². The highest BCUT2D eigenvalue weighted by Crippen LogP contribution is 2.00. The van der Waals surface area contributed by atoms with E-state index in [2.05, 4.69) is 31.3 Å². The zero-order chi connectivity index (χ0) is 24.0. The van der Waals surface area contributed by atoms with Crippen molar-refractivity contribution in [1.29, 1.82) is 0 Å². The van der Waals surface area contributed by atoms with Crippen LogP contribution in [0, 0.1) is 0 Å². The fourth-order valence-electron chi connectivity index (χ4n) is 2.07. The Bertz CT molecular complexity index is 566. The molecule has 0 aliphatic heterocycles. The molecule has 0 bridgehead atoms. The second-order valence-electron chi connectivity index (χ2n) is 6.19. The standard InChI is InChI=1S/C19H35N5O8/c1-4-20-18(27)30-12-15(13-31-19(28)21-5-2)29-11-7-8-16(25)22-9-10-23-17(26)14-32-24-6-3/h6,15H,4-5,7-14H2,1-3H3,(H,20,27)(H,21,28)(H,22,25)(H,23,26). The van der Waals surface area contributed by atoms with Gasteiger partial charge in [0.05, 0.1) is 0 Å². The van der Waals surface area contributed by atoms with Gasteiger partial charge in [0.2, 0.25) is 5.91 Å². The van der Waals surface area contributed by atoms with Gasteiger partial charge in [-0.05, 0) is 27.2 Å². The molecule has 0 rings (SSSR count). The topological polar surface area (TPSA) is 166 Å². The summed E-state index contributed by atoms with van der Waals surface area (Å²) in [7, 11) is 0. The number of hydrogen-bond acceptors (Lipinski definition) is 9. The van der Waals surface area contributed by atoms with E-state index in [0.29, 0.717) is 19.5 Å². The van der Waals surface area contributed by atoms with Crippen molar-refractivity contribution in [2.45, 2.75) is 39.7 Å². The molecule has 0 unspecified atom stereocenters. The van der Waals surface area contributed by atoms with Crippen LogP contribution >= 0.6 is 0 Å². The van der Waals surface area contributed by atoms with Crippen molar-refractivity contribution >= 4 is 30.2 Å². The molecule has 0 aromatic rings. The molecule has 184 valence electrons. The summed E-state index contributed by atoms with van der Waals surface area (Å²) in [6.07, 6.45) is 0.151. The Balaban J connectivity index is 4.08. The molecule has 0 radical (unpaired) electrons. The number of oxime groups is 1. The molecule has 0 saturated heterocycles. The van der Waals surface area contributed by atoms with E-state index in [0.717, 1.165) is 0 Å². The maximum atomic E-state index is 11.8. The predicted molar refractivity (Wildman–Crippen MR) is 115 cm³/mol. The number of amides is 4. The average molecular weight is 462 g/mol. The van der Waals surface area contributed by atoms with E-state index >= 15 is 0 Å². The van der Waals surface area contributed by atoms with Crippen molar-refractivity contribution in [2.24, 2.45) is 5.16 Å². The molecule has 0 heterocycles. The zero-order valence-corrected chi connectivity index (χ0v) is 18.9. The summed E-state index contributed by atoms with van der Waals surface area (Å²) in [6, 6.07) is 0. The maximum Gasteiger partial charge on any atom is 0.407 e. The third-order valence-electron chi connectivity index (χ3n) is 3.49. The lowest BCUT2D eigenvalue weighted by Crippen LogP contribution is -2.36. The van der Waals surface area contributed by atoms with Gasteiger partial charge in [-0.15, -0.1) is 0 Å². The molecule has 13 heteroatoms. The monoisotopic (exact) mass is 461 g/mol. The van der Waals surface area contributed by atoms with Crippen molar-refractivity contribution in [3.05, 3.63) is 0 Å². The highest BCUT2D eigenvalue weighted by molar-refractivity contribution is 5.77. The summed E-state index contributed by atoms with van der Waals surface area (Å²) in [4.78, 5) is 50.8. The van der Waals surface area contributed by atoms with Gasteiger partial charge in [0.1, 0.15) is 19.3 Å². The van der Waals surface area contributed by atoms with Gasteiger partial charge in [-0.25, -0.2) is 9.59 Å². The Hall–Kier alpha value is -3.09. The van der Waals surface area contributed by atoms with E-state index < -0.39 is 18.3 Å². The smallest absolute Gasteiger partial charge is 0.407 e. The van der Waals surface area contributed by atoms with E-state index in [-0.39, 0.29) is 57.8 Å². The first-order valence-corrected chi connectivity index (χ1v) is 10.5. The molecule has 0 spiro atoms. The van der Waals surface area contributed by atoms with Crippen LogP contribution in [0.2, 0.25) is 0 Å². The van der Waals surface area contributed by atoms with E-state index in [1.165, 1.54) is 6.21 Å². The van der Waals surface area contributed by atoms with Gasteiger partial charge in [-0.2, -0.15) is 0 Å². The number of nitrogens with one attached hydrogen (secondary N) is 4. The largest absolute Gasteiger partial charge is 0.447 e. The van der Waals surface area contributed by atoms with Gasteiger partial charge >= 0.3 is 12.2 Å². The lowest BCUT2D eigenvalue weighted by molar-refractivity contribution is -0.126. The van der Waals surface area contributed by atoms with Gasteiger partial charge in [-0.1, -0.05) is 5.16 Å². The fraction of sp³-hybridized carbons (Fsp3) is 0.737. The number of hydrogen-bond donors (Lipinski definition) is 4. The summed E-state index contributed by atoms with van der Waals surface area (Å²) >= 11 is 0. The molecule has 0 saturated carbocycles. The number of rotatable bonds is 17. The molecule has 0 atom stereocenters. The minimum absolute atomic E-state index is 0.107. The predicted octanol–water partition coefficient (Wildman–Crippen LogP) is -0.101. The maximum absolute atomic E-state index is 11.8. The molecule has 4 amide bonds. The molecular formula is C19H35N5O8. The molecule has 4 N–H and O–H groups in total. The summed E-state index contributed by atoms with van der Waals surface area (Å²) in [6.45, 7) is 6.33. The lowest BCUT2D eigenvalue weighted by Gasteiger charge is -2.18. The Morgan fingerprint density at radius 1 is 0.875 bits per heavy atom. The highest BCUT2D eigenvalue weighted by Gasteiger charge is 2.15. The second-order valence-corrected chi connectivity index (χ2v) is 6.19. The first kappa shape index (κ1) is 28.9. The Morgan fingerprint density at radius 2 is 1.44 bits per heavy atom. The first-order chi connectivity index (χ1) is 15.4.